The fraction of sp³-hybridized carbons (Fsp3) is 0.0500. The number of anilines is 2. The molecule has 0 aromatic heterocycles. The highest BCUT2D eigenvalue weighted by molar-refractivity contribution is 7.92. The summed E-state index contributed by atoms with van der Waals surface area (Å²) < 4.78 is 60.2. The van der Waals surface area contributed by atoms with Gasteiger partial charge in [0.15, 0.2) is 0 Å². The fourth-order valence-corrected chi connectivity index (χ4v) is 3.63. The molecule has 0 saturated heterocycles. The lowest BCUT2D eigenvalue weighted by atomic mass is 10.2. The number of halogens is 2. The van der Waals surface area contributed by atoms with Crippen molar-refractivity contribution in [2.45, 2.75) is 4.90 Å². The highest BCUT2D eigenvalue weighted by atomic mass is 32.2. The number of benzene rings is 3. The van der Waals surface area contributed by atoms with Crippen LogP contribution in [0.5, 0.6) is 5.75 Å². The van der Waals surface area contributed by atoms with Gasteiger partial charge in [-0.25, -0.2) is 17.2 Å². The first-order chi connectivity index (χ1) is 13.8. The predicted molar refractivity (Wildman–Crippen MR) is 105 cm³/mol. The second-order valence-corrected chi connectivity index (χ2v) is 7.56. The summed E-state index contributed by atoms with van der Waals surface area (Å²) in [6.07, 6.45) is 0. The Kier molecular flexibility index (Phi) is 5.79. The van der Waals surface area contributed by atoms with Crippen molar-refractivity contribution >= 4 is 27.3 Å². The van der Waals surface area contributed by atoms with Crippen molar-refractivity contribution in [1.29, 1.82) is 0 Å². The maximum absolute atomic E-state index is 13.8. The molecule has 0 atom stereocenters. The van der Waals surface area contributed by atoms with Crippen LogP contribution in [0.3, 0.4) is 0 Å². The van der Waals surface area contributed by atoms with Crippen LogP contribution in [-0.2, 0) is 10.0 Å². The summed E-state index contributed by atoms with van der Waals surface area (Å²) in [4.78, 5) is 12.1. The van der Waals surface area contributed by atoms with E-state index in [1.807, 2.05) is 0 Å². The van der Waals surface area contributed by atoms with E-state index in [1.54, 1.807) is 0 Å². The van der Waals surface area contributed by atoms with Gasteiger partial charge >= 0.3 is 0 Å². The third-order valence-corrected chi connectivity index (χ3v) is 5.33. The Bertz CT molecular complexity index is 1170. The second kappa shape index (κ2) is 8.27. The van der Waals surface area contributed by atoms with Crippen LogP contribution in [0.2, 0.25) is 0 Å². The summed E-state index contributed by atoms with van der Waals surface area (Å²) in [5.41, 5.74) is -0.426. The average Bonchev–Trinajstić information content (AvgIpc) is 2.70. The van der Waals surface area contributed by atoms with Crippen molar-refractivity contribution in [3.63, 3.8) is 0 Å². The summed E-state index contributed by atoms with van der Waals surface area (Å²) in [5.74, 6) is -2.08. The molecule has 0 fully saturated rings. The van der Waals surface area contributed by atoms with Gasteiger partial charge in [-0.15, -0.1) is 0 Å². The Morgan fingerprint density at radius 1 is 0.897 bits per heavy atom. The molecule has 0 radical (unpaired) electrons. The van der Waals surface area contributed by atoms with Gasteiger partial charge in [-0.3, -0.25) is 9.52 Å². The molecule has 0 bridgehead atoms. The highest BCUT2D eigenvalue weighted by Gasteiger charge is 2.20. The normalized spacial score (nSPS) is 11.0. The lowest BCUT2D eigenvalue weighted by Gasteiger charge is -2.14. The van der Waals surface area contributed by atoms with Crippen molar-refractivity contribution in [1.82, 2.24) is 0 Å². The molecule has 0 aliphatic heterocycles. The molecule has 0 heterocycles. The Morgan fingerprint density at radius 2 is 1.55 bits per heavy atom. The molecule has 0 aliphatic carbocycles. The van der Waals surface area contributed by atoms with E-state index in [2.05, 4.69) is 10.0 Å². The quantitative estimate of drug-likeness (QED) is 0.633. The largest absolute Gasteiger partial charge is 0.495 e. The van der Waals surface area contributed by atoms with Gasteiger partial charge in [0.05, 0.1) is 28.9 Å². The standard InChI is InChI=1S/C20H16F2N2O4S/c1-28-19-11-10-13(29(26,27)24-17-9-5-4-8-16(17)22)12-18(19)23-20(25)14-6-2-3-7-15(14)21/h2-12,24H,1H3,(H,23,25). The number of amides is 1. The van der Waals surface area contributed by atoms with Crippen LogP contribution in [0.25, 0.3) is 0 Å². The zero-order chi connectivity index (χ0) is 21.0. The van der Waals surface area contributed by atoms with Gasteiger partial charge in [0.2, 0.25) is 0 Å². The summed E-state index contributed by atoms with van der Waals surface area (Å²) in [6.45, 7) is 0. The number of hydrogen-bond donors (Lipinski definition) is 2. The predicted octanol–water partition coefficient (Wildman–Crippen LogP) is 4.03. The van der Waals surface area contributed by atoms with E-state index < -0.39 is 27.6 Å². The molecule has 0 aliphatic rings. The molecule has 0 unspecified atom stereocenters. The minimum atomic E-state index is -4.16. The van der Waals surface area contributed by atoms with Gasteiger partial charge in [0, 0.05) is 0 Å². The monoisotopic (exact) mass is 418 g/mol. The molecule has 150 valence electrons. The van der Waals surface area contributed by atoms with E-state index in [-0.39, 0.29) is 27.6 Å². The number of rotatable bonds is 6. The summed E-state index contributed by atoms with van der Waals surface area (Å²) in [7, 11) is -2.83. The number of methoxy groups -OCH3 is 1. The zero-order valence-electron chi connectivity index (χ0n) is 15.1. The van der Waals surface area contributed by atoms with Crippen molar-refractivity contribution in [3.8, 4) is 5.75 Å². The van der Waals surface area contributed by atoms with Crippen molar-refractivity contribution in [3.05, 3.63) is 83.9 Å². The molecular formula is C20H16F2N2O4S. The number of ether oxygens (including phenoxy) is 1. The molecule has 0 spiro atoms. The van der Waals surface area contributed by atoms with E-state index in [9.17, 15) is 22.0 Å². The van der Waals surface area contributed by atoms with Crippen LogP contribution in [0.4, 0.5) is 20.2 Å². The van der Waals surface area contributed by atoms with Gasteiger partial charge in [-0.2, -0.15) is 0 Å². The number of nitrogens with one attached hydrogen (secondary N) is 2. The molecular weight excluding hydrogens is 402 g/mol. The van der Waals surface area contributed by atoms with Crippen LogP contribution in [0.1, 0.15) is 10.4 Å². The number of carbonyl (C=O) groups excluding carboxylic acids is 1. The molecule has 3 aromatic rings. The van der Waals surface area contributed by atoms with Crippen molar-refractivity contribution in [2.24, 2.45) is 0 Å². The maximum Gasteiger partial charge on any atom is 0.262 e. The number of para-hydroxylation sites is 1. The van der Waals surface area contributed by atoms with Crippen molar-refractivity contribution in [2.75, 3.05) is 17.1 Å². The molecule has 1 amide bonds. The lowest BCUT2D eigenvalue weighted by Crippen LogP contribution is -2.17. The zero-order valence-corrected chi connectivity index (χ0v) is 16.0. The third-order valence-electron chi connectivity index (χ3n) is 3.97. The van der Waals surface area contributed by atoms with E-state index in [1.165, 1.54) is 55.6 Å². The summed E-state index contributed by atoms with van der Waals surface area (Å²) in [5, 5.41) is 2.44. The Hall–Kier alpha value is -3.46. The average molecular weight is 418 g/mol. The summed E-state index contributed by atoms with van der Waals surface area (Å²) in [6, 6.07) is 14.4. The third kappa shape index (κ3) is 4.52. The first kappa shape index (κ1) is 20.3. The van der Waals surface area contributed by atoms with Crippen LogP contribution >= 0.6 is 0 Å². The van der Waals surface area contributed by atoms with Crippen LogP contribution in [0, 0.1) is 11.6 Å². The Morgan fingerprint density at radius 3 is 2.21 bits per heavy atom. The van der Waals surface area contributed by atoms with Crippen LogP contribution in [0.15, 0.2) is 71.6 Å². The van der Waals surface area contributed by atoms with Crippen LogP contribution in [-0.4, -0.2) is 21.4 Å². The van der Waals surface area contributed by atoms with E-state index in [0.29, 0.717) is 0 Å². The smallest absolute Gasteiger partial charge is 0.262 e. The molecule has 2 N–H and O–H groups in total. The molecule has 6 nitrogen and oxygen atoms in total. The van der Waals surface area contributed by atoms with Crippen LogP contribution < -0.4 is 14.8 Å². The van der Waals surface area contributed by atoms with Gasteiger partial charge < -0.3 is 10.1 Å². The van der Waals surface area contributed by atoms with E-state index >= 15 is 0 Å². The lowest BCUT2D eigenvalue weighted by molar-refractivity contribution is 0.102. The van der Waals surface area contributed by atoms with Gasteiger partial charge in [-0.1, -0.05) is 24.3 Å². The first-order valence-electron chi connectivity index (χ1n) is 8.33. The fourth-order valence-electron chi connectivity index (χ4n) is 2.53. The molecule has 9 heteroatoms. The van der Waals surface area contributed by atoms with Gasteiger partial charge in [0.25, 0.3) is 15.9 Å². The minimum Gasteiger partial charge on any atom is -0.495 e. The number of carbonyl (C=O) groups is 1. The van der Waals surface area contributed by atoms with Crippen molar-refractivity contribution < 1.29 is 26.7 Å². The van der Waals surface area contributed by atoms with E-state index in [0.717, 1.165) is 18.2 Å². The second-order valence-electron chi connectivity index (χ2n) is 5.88. The molecule has 0 saturated carbocycles. The topological polar surface area (TPSA) is 84.5 Å². The maximum atomic E-state index is 13.8. The SMILES string of the molecule is COc1ccc(S(=O)(=O)Nc2ccccc2F)cc1NC(=O)c1ccccc1F. The first-order valence-corrected chi connectivity index (χ1v) is 9.81. The van der Waals surface area contributed by atoms with Gasteiger partial charge in [-0.05, 0) is 42.5 Å². The molecule has 3 rings (SSSR count). The van der Waals surface area contributed by atoms with E-state index in [4.69, 9.17) is 4.74 Å². The number of hydrogen-bond acceptors (Lipinski definition) is 4. The molecule has 29 heavy (non-hydrogen) atoms. The summed E-state index contributed by atoms with van der Waals surface area (Å²) >= 11 is 0. The Balaban J connectivity index is 1.93. The minimum absolute atomic E-state index is 0.0113. The Labute approximate surface area is 166 Å². The van der Waals surface area contributed by atoms with Gasteiger partial charge in [0.1, 0.15) is 17.4 Å². The number of sulfonamides is 1. The molecule has 3 aromatic carbocycles. The highest BCUT2D eigenvalue weighted by Crippen LogP contribution is 2.29.